The molecule has 2 aromatic carbocycles. The Morgan fingerprint density at radius 2 is 1.74 bits per heavy atom. The summed E-state index contributed by atoms with van der Waals surface area (Å²) >= 11 is 0. The van der Waals surface area contributed by atoms with E-state index in [9.17, 15) is 4.79 Å². The largest absolute Gasteiger partial charge is 0.463 e. The standard InChI is InChI=1S/C26H25N3O2/c1-18-9-10-22-20(16-18)21(17-23(27-22)25-8-5-15-31-25)26(30)29-13-11-28(12-14-29)24-7-4-3-6-19(24)2/h3-10,15-17H,11-14H2,1-2H3. The highest BCUT2D eigenvalue weighted by atomic mass is 16.3. The van der Waals surface area contributed by atoms with E-state index in [0.29, 0.717) is 30.1 Å². The van der Waals surface area contributed by atoms with Gasteiger partial charge in [-0.05, 0) is 55.8 Å². The third kappa shape index (κ3) is 3.67. The van der Waals surface area contributed by atoms with Crippen LogP contribution in [0.1, 0.15) is 21.5 Å². The molecule has 0 aliphatic carbocycles. The number of carbonyl (C=O) groups is 1. The molecule has 0 unspecified atom stereocenters. The Labute approximate surface area is 181 Å². The Kier molecular flexibility index (Phi) is 4.94. The van der Waals surface area contributed by atoms with Crippen LogP contribution in [-0.2, 0) is 0 Å². The van der Waals surface area contributed by atoms with Gasteiger partial charge in [0.05, 0.1) is 17.3 Å². The van der Waals surface area contributed by atoms with E-state index in [2.05, 4.69) is 36.1 Å². The lowest BCUT2D eigenvalue weighted by Crippen LogP contribution is -2.49. The van der Waals surface area contributed by atoms with Crippen molar-refractivity contribution in [3.05, 3.63) is 83.6 Å². The minimum Gasteiger partial charge on any atom is -0.463 e. The van der Waals surface area contributed by atoms with E-state index < -0.39 is 0 Å². The molecule has 156 valence electrons. The zero-order valence-electron chi connectivity index (χ0n) is 17.8. The van der Waals surface area contributed by atoms with Crippen molar-refractivity contribution in [1.29, 1.82) is 0 Å². The summed E-state index contributed by atoms with van der Waals surface area (Å²) in [4.78, 5) is 22.7. The second-order valence-corrected chi connectivity index (χ2v) is 8.12. The number of anilines is 1. The van der Waals surface area contributed by atoms with Crippen molar-refractivity contribution in [3.8, 4) is 11.5 Å². The zero-order valence-corrected chi connectivity index (χ0v) is 17.8. The van der Waals surface area contributed by atoms with Crippen molar-refractivity contribution in [3.63, 3.8) is 0 Å². The molecule has 0 atom stereocenters. The molecule has 5 nitrogen and oxygen atoms in total. The highest BCUT2D eigenvalue weighted by molar-refractivity contribution is 6.07. The van der Waals surface area contributed by atoms with Crippen molar-refractivity contribution >= 4 is 22.5 Å². The van der Waals surface area contributed by atoms with Crippen molar-refractivity contribution in [2.45, 2.75) is 13.8 Å². The Bertz CT molecular complexity index is 1240. The lowest BCUT2D eigenvalue weighted by Gasteiger charge is -2.37. The quantitative estimate of drug-likeness (QED) is 0.472. The lowest BCUT2D eigenvalue weighted by atomic mass is 10.0. The van der Waals surface area contributed by atoms with E-state index in [-0.39, 0.29) is 5.91 Å². The van der Waals surface area contributed by atoms with E-state index in [0.717, 1.165) is 29.6 Å². The molecule has 0 bridgehead atoms. The van der Waals surface area contributed by atoms with Gasteiger partial charge in [-0.25, -0.2) is 4.98 Å². The van der Waals surface area contributed by atoms with Crippen LogP contribution in [0, 0.1) is 13.8 Å². The molecule has 1 amide bonds. The van der Waals surface area contributed by atoms with Gasteiger partial charge in [0.25, 0.3) is 5.91 Å². The fraction of sp³-hybridized carbons (Fsp3) is 0.231. The van der Waals surface area contributed by atoms with Gasteiger partial charge >= 0.3 is 0 Å². The molecule has 0 spiro atoms. The summed E-state index contributed by atoms with van der Waals surface area (Å²) in [5, 5.41) is 0.890. The number of pyridine rings is 1. The van der Waals surface area contributed by atoms with Crippen LogP contribution in [0.5, 0.6) is 0 Å². The minimum absolute atomic E-state index is 0.0511. The maximum atomic E-state index is 13.6. The number of para-hydroxylation sites is 1. The number of furan rings is 1. The molecule has 5 heteroatoms. The van der Waals surface area contributed by atoms with Crippen LogP contribution in [-0.4, -0.2) is 42.0 Å². The number of rotatable bonds is 3. The molecule has 1 aliphatic heterocycles. The van der Waals surface area contributed by atoms with Gasteiger partial charge in [-0.2, -0.15) is 0 Å². The minimum atomic E-state index is 0.0511. The number of aryl methyl sites for hydroxylation is 2. The normalized spacial score (nSPS) is 14.3. The number of piperazine rings is 1. The average Bonchev–Trinajstić information content (AvgIpc) is 3.33. The number of aromatic nitrogens is 1. The molecule has 5 rings (SSSR count). The second-order valence-electron chi connectivity index (χ2n) is 8.12. The number of fused-ring (bicyclic) bond motifs is 1. The second kappa shape index (κ2) is 7.91. The maximum Gasteiger partial charge on any atom is 0.254 e. The molecule has 0 saturated carbocycles. The first-order valence-corrected chi connectivity index (χ1v) is 10.7. The van der Waals surface area contributed by atoms with Gasteiger partial charge in [0.15, 0.2) is 5.76 Å². The van der Waals surface area contributed by atoms with E-state index in [1.54, 1.807) is 6.26 Å². The summed E-state index contributed by atoms with van der Waals surface area (Å²) in [6.45, 7) is 7.20. The van der Waals surface area contributed by atoms with E-state index in [4.69, 9.17) is 9.40 Å². The molecule has 31 heavy (non-hydrogen) atoms. The highest BCUT2D eigenvalue weighted by Gasteiger charge is 2.25. The van der Waals surface area contributed by atoms with Gasteiger partial charge in [-0.1, -0.05) is 29.8 Å². The van der Waals surface area contributed by atoms with E-state index >= 15 is 0 Å². The number of benzene rings is 2. The summed E-state index contributed by atoms with van der Waals surface area (Å²) in [6, 6.07) is 20.0. The molecule has 0 N–H and O–H groups in total. The van der Waals surface area contributed by atoms with Crippen molar-refractivity contribution in [2.75, 3.05) is 31.1 Å². The van der Waals surface area contributed by atoms with Crippen LogP contribution in [0.15, 0.2) is 71.3 Å². The van der Waals surface area contributed by atoms with Crippen LogP contribution in [0.2, 0.25) is 0 Å². The number of hydrogen-bond donors (Lipinski definition) is 0. The number of hydrogen-bond acceptors (Lipinski definition) is 4. The smallest absolute Gasteiger partial charge is 0.254 e. The van der Waals surface area contributed by atoms with Crippen LogP contribution in [0.4, 0.5) is 5.69 Å². The van der Waals surface area contributed by atoms with Gasteiger partial charge in [0.2, 0.25) is 0 Å². The Hall–Kier alpha value is -3.60. The van der Waals surface area contributed by atoms with Crippen molar-refractivity contribution in [1.82, 2.24) is 9.88 Å². The summed E-state index contributed by atoms with van der Waals surface area (Å²) in [5.41, 5.74) is 5.80. The number of carbonyl (C=O) groups excluding carboxylic acids is 1. The van der Waals surface area contributed by atoms with Gasteiger partial charge in [0, 0.05) is 37.3 Å². The molecule has 3 heterocycles. The fourth-order valence-electron chi connectivity index (χ4n) is 4.31. The topological polar surface area (TPSA) is 49.6 Å². The molecule has 0 radical (unpaired) electrons. The Morgan fingerprint density at radius 3 is 2.48 bits per heavy atom. The van der Waals surface area contributed by atoms with E-state index in [1.807, 2.05) is 48.2 Å². The SMILES string of the molecule is Cc1ccc2nc(-c3ccco3)cc(C(=O)N3CCN(c4ccccc4C)CC3)c2c1. The third-order valence-electron chi connectivity index (χ3n) is 5.99. The predicted molar refractivity (Wildman–Crippen MR) is 123 cm³/mol. The van der Waals surface area contributed by atoms with Gasteiger partial charge in [-0.3, -0.25) is 4.79 Å². The molecule has 1 fully saturated rings. The molecule has 2 aromatic heterocycles. The van der Waals surface area contributed by atoms with Crippen LogP contribution in [0.25, 0.3) is 22.4 Å². The van der Waals surface area contributed by atoms with E-state index in [1.165, 1.54) is 11.3 Å². The van der Waals surface area contributed by atoms with Crippen LogP contribution >= 0.6 is 0 Å². The van der Waals surface area contributed by atoms with Crippen molar-refractivity contribution in [2.24, 2.45) is 0 Å². The van der Waals surface area contributed by atoms with Gasteiger partial charge in [-0.15, -0.1) is 0 Å². The summed E-state index contributed by atoms with van der Waals surface area (Å²) in [7, 11) is 0. The summed E-state index contributed by atoms with van der Waals surface area (Å²) < 4.78 is 5.55. The van der Waals surface area contributed by atoms with Crippen molar-refractivity contribution < 1.29 is 9.21 Å². The first-order valence-electron chi connectivity index (χ1n) is 10.7. The average molecular weight is 412 g/mol. The van der Waals surface area contributed by atoms with Crippen LogP contribution < -0.4 is 4.90 Å². The zero-order chi connectivity index (χ0) is 21.4. The Morgan fingerprint density at radius 1 is 0.935 bits per heavy atom. The first kappa shape index (κ1) is 19.4. The predicted octanol–water partition coefficient (Wildman–Crippen LogP) is 5.07. The Balaban J connectivity index is 1.46. The maximum absolute atomic E-state index is 13.6. The number of nitrogens with zero attached hydrogens (tertiary/aromatic N) is 3. The molecule has 1 aliphatic rings. The number of amides is 1. The monoisotopic (exact) mass is 411 g/mol. The third-order valence-corrected chi connectivity index (χ3v) is 5.99. The van der Waals surface area contributed by atoms with Gasteiger partial charge < -0.3 is 14.2 Å². The summed E-state index contributed by atoms with van der Waals surface area (Å²) in [5.74, 6) is 0.719. The molecular formula is C26H25N3O2. The molecule has 1 saturated heterocycles. The molecular weight excluding hydrogens is 386 g/mol. The van der Waals surface area contributed by atoms with Gasteiger partial charge in [0.1, 0.15) is 5.69 Å². The summed E-state index contributed by atoms with van der Waals surface area (Å²) in [6.07, 6.45) is 1.63. The first-order chi connectivity index (χ1) is 15.1. The lowest BCUT2D eigenvalue weighted by molar-refractivity contribution is 0.0748. The van der Waals surface area contributed by atoms with Crippen LogP contribution in [0.3, 0.4) is 0 Å². The fourth-order valence-corrected chi connectivity index (χ4v) is 4.31. The highest BCUT2D eigenvalue weighted by Crippen LogP contribution is 2.28. The molecule has 4 aromatic rings.